The molecule has 0 saturated heterocycles. The molecule has 12 aromatic carbocycles. The van der Waals surface area contributed by atoms with Crippen LogP contribution in [0.1, 0.15) is 0 Å². The molecule has 0 radical (unpaired) electrons. The van der Waals surface area contributed by atoms with Crippen LogP contribution in [0.3, 0.4) is 0 Å². The highest BCUT2D eigenvalue weighted by Gasteiger charge is 2.16. The summed E-state index contributed by atoms with van der Waals surface area (Å²) >= 11 is 3.54. The smallest absolute Gasteiger partial charge is 0.456 e. The van der Waals surface area contributed by atoms with E-state index >= 15 is 0 Å². The van der Waals surface area contributed by atoms with Gasteiger partial charge in [0.25, 0.3) is 0 Å². The molecule has 0 unspecified atom stereocenters. The SMILES string of the molecule is Brc1cccc2oc3ccccc3c12.OB(O)c1ccc(-c2ccc(-n3c4ccccc4c4ccccc43)cc2)cc1.c1ccc2c(c1)oc1cccc(-c3ccc(-c4ccc(-n5c6ccccc6c6ccccc65)cc4)cc3)c12. The second-order valence-electron chi connectivity index (χ2n) is 19.9. The number of benzene rings is 12. The van der Waals surface area contributed by atoms with Gasteiger partial charge < -0.3 is 28.0 Å². The minimum atomic E-state index is -1.44. The van der Waals surface area contributed by atoms with Gasteiger partial charge in [-0.2, -0.15) is 0 Å². The second-order valence-corrected chi connectivity index (χ2v) is 20.7. The third kappa shape index (κ3) is 8.73. The molecule has 4 heterocycles. The molecule has 380 valence electrons. The number of hydrogen-bond acceptors (Lipinski definition) is 4. The van der Waals surface area contributed by atoms with E-state index in [1.807, 2.05) is 66.7 Å². The van der Waals surface area contributed by atoms with Gasteiger partial charge in [-0.3, -0.25) is 0 Å². The van der Waals surface area contributed by atoms with Gasteiger partial charge in [-0.1, -0.05) is 216 Å². The van der Waals surface area contributed by atoms with Crippen LogP contribution in [0.15, 0.2) is 292 Å². The Labute approximate surface area is 469 Å². The predicted octanol–water partition coefficient (Wildman–Crippen LogP) is 18.5. The zero-order valence-electron chi connectivity index (χ0n) is 43.1. The van der Waals surface area contributed by atoms with E-state index in [0.29, 0.717) is 5.46 Å². The van der Waals surface area contributed by atoms with E-state index < -0.39 is 7.12 Å². The van der Waals surface area contributed by atoms with E-state index in [-0.39, 0.29) is 0 Å². The van der Waals surface area contributed by atoms with Crippen molar-refractivity contribution in [3.63, 3.8) is 0 Å². The van der Waals surface area contributed by atoms with E-state index in [1.165, 1.54) is 76.9 Å². The third-order valence-electron chi connectivity index (χ3n) is 15.2. The van der Waals surface area contributed by atoms with Crippen LogP contribution >= 0.6 is 15.9 Å². The molecule has 0 aliphatic heterocycles. The van der Waals surface area contributed by atoms with Crippen molar-refractivity contribution in [3.05, 3.63) is 284 Å². The maximum absolute atomic E-state index is 9.25. The molecule has 0 bridgehead atoms. The Morgan fingerprint density at radius 1 is 0.287 bits per heavy atom. The normalized spacial score (nSPS) is 11.4. The summed E-state index contributed by atoms with van der Waals surface area (Å²) in [5.41, 5.74) is 18.2. The fourth-order valence-corrected chi connectivity index (χ4v) is 12.0. The number of aromatic nitrogens is 2. The molecule has 6 nitrogen and oxygen atoms in total. The van der Waals surface area contributed by atoms with Crippen LogP contribution in [0.2, 0.25) is 0 Å². The standard InChI is InChI=1S/C36H23NO.C24H18BNO2.C12H7BrO/c1-4-12-32-29(8-1)30-9-2-5-13-33(30)37(32)27-22-20-25(21-23-27)24-16-18-26(19-17-24)28-11-7-15-35-36(28)31-10-3-6-14-34(31)38-35;27-25(28)19-13-9-17(10-14-19)18-11-15-20(16-12-18)26-23-7-3-1-5-21(23)22-6-2-4-8-24(22)26;13-9-5-3-7-11-12(9)8-4-1-2-6-10(8)14-11/h1-23H;1-16,27-28H;1-7H. The molecule has 4 aromatic heterocycles. The molecule has 16 aromatic rings. The van der Waals surface area contributed by atoms with Crippen molar-refractivity contribution in [3.8, 4) is 44.8 Å². The van der Waals surface area contributed by atoms with E-state index in [0.717, 1.165) is 59.8 Å². The molecule has 0 saturated carbocycles. The molecule has 0 atom stereocenters. The molecule has 8 heteroatoms. The number of rotatable bonds is 6. The lowest BCUT2D eigenvalue weighted by Crippen LogP contribution is -2.29. The maximum Gasteiger partial charge on any atom is 0.488 e. The Balaban J connectivity index is 0.000000120. The lowest BCUT2D eigenvalue weighted by Gasteiger charge is -2.10. The van der Waals surface area contributed by atoms with Crippen molar-refractivity contribution in [2.24, 2.45) is 0 Å². The van der Waals surface area contributed by atoms with E-state index in [9.17, 15) is 10.0 Å². The number of para-hydroxylation sites is 6. The number of halogens is 1. The Bertz CT molecular complexity index is 4810. The lowest BCUT2D eigenvalue weighted by atomic mass is 9.80. The van der Waals surface area contributed by atoms with Crippen molar-refractivity contribution in [1.82, 2.24) is 9.13 Å². The first-order valence-electron chi connectivity index (χ1n) is 26.6. The summed E-state index contributed by atoms with van der Waals surface area (Å²) < 4.78 is 17.5. The van der Waals surface area contributed by atoms with Crippen LogP contribution in [-0.4, -0.2) is 26.3 Å². The number of hydrogen-bond donors (Lipinski definition) is 2. The molecule has 16 rings (SSSR count). The van der Waals surface area contributed by atoms with Gasteiger partial charge in [0.2, 0.25) is 0 Å². The summed E-state index contributed by atoms with van der Waals surface area (Å²) in [6.45, 7) is 0. The fourth-order valence-electron chi connectivity index (χ4n) is 11.4. The summed E-state index contributed by atoms with van der Waals surface area (Å²) in [7, 11) is -1.44. The highest BCUT2D eigenvalue weighted by Crippen LogP contribution is 2.39. The minimum Gasteiger partial charge on any atom is -0.456 e. The minimum absolute atomic E-state index is 0.491. The van der Waals surface area contributed by atoms with Crippen molar-refractivity contribution >= 4 is 116 Å². The fraction of sp³-hybridized carbons (Fsp3) is 0. The summed E-state index contributed by atoms with van der Waals surface area (Å²) in [6.07, 6.45) is 0. The largest absolute Gasteiger partial charge is 0.488 e. The van der Waals surface area contributed by atoms with Crippen molar-refractivity contribution < 1.29 is 18.9 Å². The Hall–Kier alpha value is -9.70. The summed E-state index contributed by atoms with van der Waals surface area (Å²) in [5, 5.41) is 28.2. The van der Waals surface area contributed by atoms with E-state index in [1.54, 1.807) is 12.1 Å². The molecular formula is C72H48BBrN2O4. The first-order valence-corrected chi connectivity index (χ1v) is 27.4. The Morgan fingerprint density at radius 2 is 0.613 bits per heavy atom. The van der Waals surface area contributed by atoms with Gasteiger partial charge in [0.1, 0.15) is 22.3 Å². The van der Waals surface area contributed by atoms with Crippen LogP contribution in [-0.2, 0) is 0 Å². The topological polar surface area (TPSA) is 76.6 Å². The van der Waals surface area contributed by atoms with Gasteiger partial charge in [-0.25, -0.2) is 0 Å². The molecule has 0 amide bonds. The van der Waals surface area contributed by atoms with Crippen LogP contribution < -0.4 is 5.46 Å². The van der Waals surface area contributed by atoms with Crippen LogP contribution in [0.5, 0.6) is 0 Å². The highest BCUT2D eigenvalue weighted by molar-refractivity contribution is 9.10. The zero-order valence-corrected chi connectivity index (χ0v) is 44.7. The first kappa shape index (κ1) is 48.7. The molecule has 0 spiro atoms. The lowest BCUT2D eigenvalue weighted by molar-refractivity contribution is 0.426. The van der Waals surface area contributed by atoms with E-state index in [2.05, 4.69) is 225 Å². The van der Waals surface area contributed by atoms with E-state index in [4.69, 9.17) is 8.83 Å². The second kappa shape index (κ2) is 20.6. The van der Waals surface area contributed by atoms with Crippen LogP contribution in [0, 0.1) is 0 Å². The van der Waals surface area contributed by atoms with Gasteiger partial charge in [0.05, 0.1) is 22.1 Å². The summed E-state index contributed by atoms with van der Waals surface area (Å²) in [4.78, 5) is 0. The van der Waals surface area contributed by atoms with Gasteiger partial charge >= 0.3 is 7.12 Å². The summed E-state index contributed by atoms with van der Waals surface area (Å²) in [6, 6.07) is 96.3. The van der Waals surface area contributed by atoms with Crippen molar-refractivity contribution in [2.45, 2.75) is 0 Å². The quantitative estimate of drug-likeness (QED) is 0.163. The number of fused-ring (bicyclic) bond motifs is 12. The van der Waals surface area contributed by atoms with Gasteiger partial charge in [0, 0.05) is 58.9 Å². The predicted molar refractivity (Wildman–Crippen MR) is 336 cm³/mol. The number of furan rings is 2. The van der Waals surface area contributed by atoms with Gasteiger partial charge in [-0.15, -0.1) is 0 Å². The first-order chi connectivity index (χ1) is 39.4. The monoisotopic (exact) mass is 1090 g/mol. The van der Waals surface area contributed by atoms with Crippen LogP contribution in [0.4, 0.5) is 0 Å². The average molecular weight is 1100 g/mol. The molecular weight excluding hydrogens is 1050 g/mol. The molecule has 2 N–H and O–H groups in total. The van der Waals surface area contributed by atoms with Crippen LogP contribution in [0.25, 0.3) is 132 Å². The maximum atomic E-state index is 9.25. The average Bonchev–Trinajstić information content (AvgIpc) is 4.35. The zero-order chi connectivity index (χ0) is 53.7. The molecule has 80 heavy (non-hydrogen) atoms. The molecule has 0 fully saturated rings. The van der Waals surface area contributed by atoms with Crippen molar-refractivity contribution in [1.29, 1.82) is 0 Å². The van der Waals surface area contributed by atoms with Gasteiger partial charge in [-0.05, 0) is 118 Å². The Morgan fingerprint density at radius 3 is 1.05 bits per heavy atom. The Kier molecular flexibility index (Phi) is 12.5. The van der Waals surface area contributed by atoms with Gasteiger partial charge in [0.15, 0.2) is 0 Å². The molecule has 0 aliphatic rings. The highest BCUT2D eigenvalue weighted by atomic mass is 79.9. The number of nitrogens with zero attached hydrogens (tertiary/aromatic N) is 2. The van der Waals surface area contributed by atoms with Crippen molar-refractivity contribution in [2.75, 3.05) is 0 Å². The summed E-state index contributed by atoms with van der Waals surface area (Å²) in [5.74, 6) is 0. The molecule has 0 aliphatic carbocycles. The third-order valence-corrected chi connectivity index (χ3v) is 15.9.